The largest absolute Gasteiger partial charge is 0.487 e. The molecule has 0 aliphatic rings. The monoisotopic (exact) mass is 228 g/mol. The van der Waals surface area contributed by atoms with Gasteiger partial charge in [-0.25, -0.2) is 0 Å². The van der Waals surface area contributed by atoms with Gasteiger partial charge in [0.1, 0.15) is 18.6 Å². The summed E-state index contributed by atoms with van der Waals surface area (Å²) in [6.45, 7) is 0.294. The molecule has 1 rings (SSSR count). The van der Waals surface area contributed by atoms with Crippen LogP contribution in [0.1, 0.15) is 25.0 Å². The Morgan fingerprint density at radius 2 is 2.06 bits per heavy atom. The number of hydrogen-bond acceptors (Lipinski definition) is 5. The van der Waals surface area contributed by atoms with Gasteiger partial charge in [0.2, 0.25) is 11.2 Å². The van der Waals surface area contributed by atoms with E-state index in [-0.39, 0.29) is 30.2 Å². The van der Waals surface area contributed by atoms with Crippen LogP contribution in [-0.4, -0.2) is 23.4 Å². The van der Waals surface area contributed by atoms with Crippen molar-refractivity contribution in [3.63, 3.8) is 0 Å². The van der Waals surface area contributed by atoms with E-state index in [4.69, 9.17) is 19.4 Å². The summed E-state index contributed by atoms with van der Waals surface area (Å²) in [7, 11) is 0. The van der Waals surface area contributed by atoms with Gasteiger partial charge in [-0.05, 0) is 19.3 Å². The molecule has 1 aromatic rings. The van der Waals surface area contributed by atoms with E-state index in [0.717, 1.165) is 19.3 Å². The summed E-state index contributed by atoms with van der Waals surface area (Å²) in [4.78, 5) is 11.4. The lowest BCUT2D eigenvalue weighted by atomic mass is 10.2. The van der Waals surface area contributed by atoms with Crippen LogP contribution in [0.15, 0.2) is 21.5 Å². The quantitative estimate of drug-likeness (QED) is 0.670. The van der Waals surface area contributed by atoms with Gasteiger partial charge in [-0.3, -0.25) is 4.79 Å². The first-order valence-electron chi connectivity index (χ1n) is 5.24. The Morgan fingerprint density at radius 1 is 1.25 bits per heavy atom. The third-order valence-corrected chi connectivity index (χ3v) is 2.07. The van der Waals surface area contributed by atoms with Gasteiger partial charge in [-0.2, -0.15) is 0 Å². The van der Waals surface area contributed by atoms with Gasteiger partial charge in [-0.15, -0.1) is 0 Å². The molecule has 5 heteroatoms. The molecule has 0 radical (unpaired) electrons. The highest BCUT2D eigenvalue weighted by Crippen LogP contribution is 2.06. The smallest absolute Gasteiger partial charge is 0.227 e. The van der Waals surface area contributed by atoms with Crippen molar-refractivity contribution in [3.8, 4) is 5.75 Å². The van der Waals surface area contributed by atoms with Crippen LogP contribution in [-0.2, 0) is 6.61 Å². The summed E-state index contributed by atoms with van der Waals surface area (Å²) in [5.41, 5.74) is -0.294. The summed E-state index contributed by atoms with van der Waals surface area (Å²) < 4.78 is 10.2. The molecule has 0 atom stereocenters. The fourth-order valence-corrected chi connectivity index (χ4v) is 1.20. The maximum absolute atomic E-state index is 11.4. The second kappa shape index (κ2) is 7.03. The van der Waals surface area contributed by atoms with Crippen LogP contribution in [0.3, 0.4) is 0 Å². The van der Waals surface area contributed by atoms with Gasteiger partial charge in [0.15, 0.2) is 0 Å². The molecule has 0 saturated carbocycles. The molecule has 0 bridgehead atoms. The Morgan fingerprint density at radius 3 is 2.69 bits per heavy atom. The molecule has 0 unspecified atom stereocenters. The maximum Gasteiger partial charge on any atom is 0.227 e. The molecule has 0 saturated heterocycles. The molecule has 0 fully saturated rings. The van der Waals surface area contributed by atoms with Crippen LogP contribution < -0.4 is 10.2 Å². The molecule has 0 aliphatic carbocycles. The summed E-state index contributed by atoms with van der Waals surface area (Å²) in [6, 6.07) is 1.21. The predicted octanol–water partition coefficient (Wildman–Crippen LogP) is 0.673. The Labute approximate surface area is 93.3 Å². The number of unbranched alkanes of at least 4 members (excludes halogenated alkanes) is 2. The predicted molar refractivity (Wildman–Crippen MR) is 57.3 cm³/mol. The Hall–Kier alpha value is -1.33. The minimum Gasteiger partial charge on any atom is -0.487 e. The highest BCUT2D eigenvalue weighted by atomic mass is 16.5. The van der Waals surface area contributed by atoms with Crippen molar-refractivity contribution in [3.05, 3.63) is 28.3 Å². The van der Waals surface area contributed by atoms with Crippen molar-refractivity contribution < 1.29 is 19.4 Å². The topological polar surface area (TPSA) is 79.9 Å². The van der Waals surface area contributed by atoms with E-state index in [2.05, 4.69) is 0 Å². The Bertz CT molecular complexity index is 358. The molecule has 1 aromatic heterocycles. The lowest BCUT2D eigenvalue weighted by molar-refractivity contribution is 0.235. The Kier molecular flexibility index (Phi) is 5.60. The number of rotatable bonds is 7. The van der Waals surface area contributed by atoms with Crippen LogP contribution in [0.2, 0.25) is 0 Å². The number of hydrogen-bond donors (Lipinski definition) is 2. The van der Waals surface area contributed by atoms with Crippen LogP contribution in [0.4, 0.5) is 0 Å². The van der Waals surface area contributed by atoms with Crippen molar-refractivity contribution in [2.24, 2.45) is 0 Å². The lowest BCUT2D eigenvalue weighted by Gasteiger charge is -2.04. The Balaban J connectivity index is 2.39. The molecule has 0 spiro atoms. The van der Waals surface area contributed by atoms with E-state index >= 15 is 0 Å². The zero-order valence-electron chi connectivity index (χ0n) is 9.02. The number of aliphatic hydroxyl groups is 2. The number of aliphatic hydroxyl groups excluding tert-OH is 2. The summed E-state index contributed by atoms with van der Waals surface area (Å²) >= 11 is 0. The van der Waals surface area contributed by atoms with Gasteiger partial charge in [-0.1, -0.05) is 0 Å². The summed E-state index contributed by atoms with van der Waals surface area (Å²) in [6.07, 6.45) is 3.58. The molecule has 0 amide bonds. The molecule has 0 aromatic carbocycles. The second-order valence-corrected chi connectivity index (χ2v) is 3.37. The van der Waals surface area contributed by atoms with Crippen molar-refractivity contribution in [2.45, 2.75) is 25.9 Å². The van der Waals surface area contributed by atoms with Crippen molar-refractivity contribution in [2.75, 3.05) is 13.2 Å². The van der Waals surface area contributed by atoms with Gasteiger partial charge in [0, 0.05) is 12.7 Å². The summed E-state index contributed by atoms with van der Waals surface area (Å²) in [5.74, 6) is 0.374. The van der Waals surface area contributed by atoms with E-state index in [9.17, 15) is 4.79 Å². The molecule has 90 valence electrons. The molecular weight excluding hydrogens is 212 g/mol. The van der Waals surface area contributed by atoms with Crippen LogP contribution in [0.5, 0.6) is 5.75 Å². The first-order valence-corrected chi connectivity index (χ1v) is 5.24. The van der Waals surface area contributed by atoms with E-state index in [0.29, 0.717) is 6.61 Å². The fraction of sp³-hybridized carbons (Fsp3) is 0.545. The van der Waals surface area contributed by atoms with E-state index in [1.165, 1.54) is 12.3 Å². The molecule has 2 N–H and O–H groups in total. The van der Waals surface area contributed by atoms with Crippen molar-refractivity contribution in [1.82, 2.24) is 0 Å². The zero-order chi connectivity index (χ0) is 11.8. The molecule has 1 heterocycles. The number of ether oxygens (including phenoxy) is 1. The first kappa shape index (κ1) is 12.7. The van der Waals surface area contributed by atoms with Gasteiger partial charge in [0.05, 0.1) is 6.61 Å². The molecule has 0 aliphatic heterocycles. The molecule has 16 heavy (non-hydrogen) atoms. The lowest BCUT2D eigenvalue weighted by Crippen LogP contribution is -2.09. The average molecular weight is 228 g/mol. The summed E-state index contributed by atoms with van der Waals surface area (Å²) in [5, 5.41) is 17.3. The minimum absolute atomic E-state index is 0.154. The van der Waals surface area contributed by atoms with Gasteiger partial charge < -0.3 is 19.4 Å². The van der Waals surface area contributed by atoms with E-state index in [1.54, 1.807) is 0 Å². The van der Waals surface area contributed by atoms with Crippen molar-refractivity contribution >= 4 is 0 Å². The normalized spacial score (nSPS) is 10.4. The van der Waals surface area contributed by atoms with Crippen LogP contribution in [0.25, 0.3) is 0 Å². The second-order valence-electron chi connectivity index (χ2n) is 3.37. The third-order valence-electron chi connectivity index (χ3n) is 2.07. The third kappa shape index (κ3) is 4.04. The van der Waals surface area contributed by atoms with Gasteiger partial charge >= 0.3 is 0 Å². The van der Waals surface area contributed by atoms with E-state index in [1.807, 2.05) is 0 Å². The highest BCUT2D eigenvalue weighted by Gasteiger charge is 2.03. The van der Waals surface area contributed by atoms with Crippen LogP contribution in [0, 0.1) is 0 Å². The average Bonchev–Trinajstić information content (AvgIpc) is 2.30. The minimum atomic E-state index is -0.300. The van der Waals surface area contributed by atoms with E-state index < -0.39 is 0 Å². The zero-order valence-corrected chi connectivity index (χ0v) is 9.02. The highest BCUT2D eigenvalue weighted by molar-refractivity contribution is 5.17. The van der Waals surface area contributed by atoms with Crippen molar-refractivity contribution in [1.29, 1.82) is 0 Å². The van der Waals surface area contributed by atoms with Gasteiger partial charge in [0.25, 0.3) is 0 Å². The standard InChI is InChI=1S/C11H16O5/c12-4-2-1-3-5-15-11-8-16-9(7-13)6-10(11)14/h6,8,12-13H,1-5,7H2. The fourth-order valence-electron chi connectivity index (χ4n) is 1.20. The first-order chi connectivity index (χ1) is 7.77. The van der Waals surface area contributed by atoms with Crippen LogP contribution >= 0.6 is 0 Å². The molecular formula is C11H16O5. The molecule has 5 nitrogen and oxygen atoms in total. The maximum atomic E-state index is 11.4. The SMILES string of the molecule is O=c1cc(CO)occ1OCCCCCO.